The van der Waals surface area contributed by atoms with E-state index in [-0.39, 0.29) is 36.1 Å². The third-order valence-corrected chi connectivity index (χ3v) is 10.8. The Labute approximate surface area is 246 Å². The Kier molecular flexibility index (Phi) is 8.43. The second-order valence-electron chi connectivity index (χ2n) is 11.2. The number of carbonyl (C=O) groups is 3. The van der Waals surface area contributed by atoms with Crippen LogP contribution < -0.4 is 9.80 Å². The smallest absolute Gasteiger partial charge is 0.251 e. The number of rotatable bonds is 11. The molecule has 1 spiro atoms. The highest BCUT2D eigenvalue weighted by molar-refractivity contribution is 8.02. The van der Waals surface area contributed by atoms with E-state index < -0.39 is 22.6 Å². The fraction of sp³-hybridized carbons (Fsp3) is 0.424. The molecule has 1 N–H and O–H groups in total. The molecule has 7 nitrogen and oxygen atoms in total. The van der Waals surface area contributed by atoms with Gasteiger partial charge in [0.25, 0.3) is 5.91 Å². The molecule has 8 heteroatoms. The van der Waals surface area contributed by atoms with E-state index in [1.54, 1.807) is 38.6 Å². The highest BCUT2D eigenvalue weighted by atomic mass is 32.2. The number of anilines is 2. The lowest BCUT2D eigenvalue weighted by Crippen LogP contribution is -2.55. The maximum Gasteiger partial charge on any atom is 0.251 e. The topological polar surface area (TPSA) is 81.2 Å². The van der Waals surface area contributed by atoms with Crippen molar-refractivity contribution in [2.24, 2.45) is 11.8 Å². The molecule has 0 radical (unpaired) electrons. The fourth-order valence-corrected chi connectivity index (χ4v) is 9.44. The number of nitrogens with zero attached hydrogens (tertiary/aromatic N) is 3. The first-order valence-electron chi connectivity index (χ1n) is 14.4. The van der Waals surface area contributed by atoms with Gasteiger partial charge >= 0.3 is 0 Å². The monoisotopic (exact) mass is 573 g/mol. The summed E-state index contributed by atoms with van der Waals surface area (Å²) in [4.78, 5) is 48.5. The number of amides is 3. The van der Waals surface area contributed by atoms with Crippen LogP contribution in [0.3, 0.4) is 0 Å². The van der Waals surface area contributed by atoms with Crippen LogP contribution >= 0.6 is 11.8 Å². The van der Waals surface area contributed by atoms with Crippen molar-refractivity contribution >= 4 is 40.9 Å². The molecule has 0 aliphatic carbocycles. The first kappa shape index (κ1) is 29.1. The number of thioether (sulfide) groups is 1. The standard InChI is InChI=1S/C33H39N3O4S/c1-5-18-34(24-14-8-7-9-15-24)30(38)26-25-16-17-33(41-25)27(26)31(39)36(20-11-21-37)29(33)32(40)35(19-6-2)28-22(3)12-10-13-23(28)4/h5-10,12-15,25-27,29,37H,1-2,11,16-21H2,3-4H3/t25-,26+,27-,29?,33?/m0/s1. The van der Waals surface area contributed by atoms with Crippen molar-refractivity contribution < 1.29 is 19.5 Å². The van der Waals surface area contributed by atoms with E-state index in [0.717, 1.165) is 28.9 Å². The maximum atomic E-state index is 14.7. The average Bonchev–Trinajstić information content (AvgIpc) is 3.61. The van der Waals surface area contributed by atoms with Crippen LogP contribution in [-0.2, 0) is 14.4 Å². The van der Waals surface area contributed by atoms with Gasteiger partial charge in [-0.15, -0.1) is 24.9 Å². The molecule has 3 heterocycles. The number of hydrogen-bond donors (Lipinski definition) is 1. The molecule has 216 valence electrons. The summed E-state index contributed by atoms with van der Waals surface area (Å²) >= 11 is 1.66. The summed E-state index contributed by atoms with van der Waals surface area (Å²) in [5.41, 5.74) is 3.54. The molecule has 2 bridgehead atoms. The molecule has 3 saturated heterocycles. The second kappa shape index (κ2) is 11.9. The zero-order valence-corrected chi connectivity index (χ0v) is 24.7. The normalized spacial score (nSPS) is 26.1. The minimum atomic E-state index is -0.733. The molecule has 41 heavy (non-hydrogen) atoms. The molecule has 5 rings (SSSR count). The Morgan fingerprint density at radius 2 is 1.68 bits per heavy atom. The molecular weight excluding hydrogens is 534 g/mol. The van der Waals surface area contributed by atoms with Crippen LogP contribution in [0.5, 0.6) is 0 Å². The zero-order valence-electron chi connectivity index (χ0n) is 23.9. The summed E-state index contributed by atoms with van der Waals surface area (Å²) in [6, 6.07) is 14.7. The number of hydrogen-bond acceptors (Lipinski definition) is 5. The van der Waals surface area contributed by atoms with Gasteiger partial charge in [-0.25, -0.2) is 0 Å². The lowest BCUT2D eigenvalue weighted by atomic mass is 9.70. The summed E-state index contributed by atoms with van der Waals surface area (Å²) in [6.45, 7) is 12.6. The molecule has 5 atom stereocenters. The van der Waals surface area contributed by atoms with Gasteiger partial charge in [-0.05, 0) is 56.4 Å². The number of para-hydroxylation sites is 2. The molecule has 2 aromatic carbocycles. The maximum absolute atomic E-state index is 14.7. The second-order valence-corrected chi connectivity index (χ2v) is 12.8. The number of aliphatic hydroxyl groups is 1. The van der Waals surface area contributed by atoms with Gasteiger partial charge in [-0.2, -0.15) is 0 Å². The quantitative estimate of drug-likeness (QED) is 0.400. The number of likely N-dealkylation sites (tertiary alicyclic amines) is 1. The minimum absolute atomic E-state index is 0.0455. The lowest BCUT2D eigenvalue weighted by molar-refractivity contribution is -0.139. The van der Waals surface area contributed by atoms with Crippen LogP contribution in [0.15, 0.2) is 73.8 Å². The lowest BCUT2D eigenvalue weighted by Gasteiger charge is -2.38. The van der Waals surface area contributed by atoms with E-state index in [0.29, 0.717) is 25.9 Å². The van der Waals surface area contributed by atoms with E-state index in [4.69, 9.17) is 0 Å². The summed E-state index contributed by atoms with van der Waals surface area (Å²) in [7, 11) is 0. The first-order chi connectivity index (χ1) is 19.8. The Morgan fingerprint density at radius 1 is 1.02 bits per heavy atom. The van der Waals surface area contributed by atoms with Crippen molar-refractivity contribution in [3.63, 3.8) is 0 Å². The Morgan fingerprint density at radius 3 is 2.32 bits per heavy atom. The fourth-order valence-electron chi connectivity index (χ4n) is 7.23. The average molecular weight is 574 g/mol. The number of carbonyl (C=O) groups excluding carboxylic acids is 3. The van der Waals surface area contributed by atoms with Crippen LogP contribution in [0, 0.1) is 25.7 Å². The van der Waals surface area contributed by atoms with E-state index in [2.05, 4.69) is 13.2 Å². The van der Waals surface area contributed by atoms with Crippen LogP contribution in [0.1, 0.15) is 30.4 Å². The van der Waals surface area contributed by atoms with E-state index in [1.165, 1.54) is 0 Å². The van der Waals surface area contributed by atoms with Gasteiger partial charge in [0.2, 0.25) is 11.8 Å². The van der Waals surface area contributed by atoms with Gasteiger partial charge in [-0.1, -0.05) is 48.6 Å². The number of aryl methyl sites for hydroxylation is 2. The van der Waals surface area contributed by atoms with E-state index >= 15 is 0 Å². The van der Waals surface area contributed by atoms with Crippen molar-refractivity contribution in [3.8, 4) is 0 Å². The molecule has 3 amide bonds. The van der Waals surface area contributed by atoms with Gasteiger partial charge in [0.1, 0.15) is 6.04 Å². The van der Waals surface area contributed by atoms with Crippen molar-refractivity contribution in [1.82, 2.24) is 4.90 Å². The van der Waals surface area contributed by atoms with Gasteiger partial charge in [0.15, 0.2) is 0 Å². The Balaban J connectivity index is 1.57. The number of aliphatic hydroxyl groups excluding tert-OH is 1. The predicted molar refractivity (Wildman–Crippen MR) is 165 cm³/mol. The third kappa shape index (κ3) is 4.81. The zero-order chi connectivity index (χ0) is 29.3. The van der Waals surface area contributed by atoms with Crippen LogP contribution in [-0.4, -0.2) is 70.0 Å². The molecule has 0 aromatic heterocycles. The van der Waals surface area contributed by atoms with Crippen LogP contribution in [0.4, 0.5) is 11.4 Å². The SMILES string of the molecule is C=CCN(C(=O)[C@@H]1[C@@H]2CCC3(S2)C(C(=O)N(CC=C)c2c(C)cccc2C)N(CCCO)C(=O)[C@H]13)c1ccccc1. The van der Waals surface area contributed by atoms with Crippen molar-refractivity contribution in [2.75, 3.05) is 36.0 Å². The molecule has 3 fully saturated rings. The van der Waals surface area contributed by atoms with Gasteiger partial charge < -0.3 is 19.8 Å². The summed E-state index contributed by atoms with van der Waals surface area (Å²) in [5.74, 6) is -1.55. The highest BCUT2D eigenvalue weighted by Crippen LogP contribution is 2.67. The van der Waals surface area contributed by atoms with Crippen LogP contribution in [0.2, 0.25) is 0 Å². The van der Waals surface area contributed by atoms with Gasteiger partial charge in [-0.3, -0.25) is 14.4 Å². The molecule has 3 aliphatic heterocycles. The largest absolute Gasteiger partial charge is 0.396 e. The summed E-state index contributed by atoms with van der Waals surface area (Å²) in [6.07, 6.45) is 5.24. The van der Waals surface area contributed by atoms with Crippen molar-refractivity contribution in [2.45, 2.75) is 49.1 Å². The van der Waals surface area contributed by atoms with Gasteiger partial charge in [0.05, 0.1) is 16.6 Å². The minimum Gasteiger partial charge on any atom is -0.396 e. The molecule has 3 aliphatic rings. The number of benzene rings is 2. The van der Waals surface area contributed by atoms with Crippen LogP contribution in [0.25, 0.3) is 0 Å². The first-order valence-corrected chi connectivity index (χ1v) is 15.2. The Hall–Kier alpha value is -3.36. The van der Waals surface area contributed by atoms with E-state index in [1.807, 2.05) is 62.4 Å². The van der Waals surface area contributed by atoms with Crippen molar-refractivity contribution in [1.29, 1.82) is 0 Å². The molecular formula is C33H39N3O4S. The Bertz CT molecular complexity index is 1330. The predicted octanol–water partition coefficient (Wildman–Crippen LogP) is 4.52. The highest BCUT2D eigenvalue weighted by Gasteiger charge is 2.74. The summed E-state index contributed by atoms with van der Waals surface area (Å²) in [5, 5.41) is 9.65. The third-order valence-electron chi connectivity index (χ3n) is 8.81. The van der Waals surface area contributed by atoms with Gasteiger partial charge in [0, 0.05) is 42.9 Å². The number of fused-ring (bicyclic) bond motifs is 1. The molecule has 2 aromatic rings. The molecule has 0 saturated carbocycles. The van der Waals surface area contributed by atoms with Crippen molar-refractivity contribution in [3.05, 3.63) is 85.0 Å². The van der Waals surface area contributed by atoms with E-state index in [9.17, 15) is 19.5 Å². The summed E-state index contributed by atoms with van der Waals surface area (Å²) < 4.78 is -0.707. The molecule has 2 unspecified atom stereocenters.